The van der Waals surface area contributed by atoms with Gasteiger partial charge in [0.2, 0.25) is 5.91 Å². The number of hydrogen-bond acceptors (Lipinski definition) is 3. The number of halogens is 1. The Morgan fingerprint density at radius 2 is 1.96 bits per heavy atom. The van der Waals surface area contributed by atoms with Gasteiger partial charge in [0.1, 0.15) is 0 Å². The molecule has 1 saturated heterocycles. The van der Waals surface area contributed by atoms with Gasteiger partial charge >= 0.3 is 0 Å². The molecule has 1 heterocycles. The lowest BCUT2D eigenvalue weighted by Gasteiger charge is -2.27. The van der Waals surface area contributed by atoms with Crippen molar-refractivity contribution in [3.8, 4) is 0 Å². The van der Waals surface area contributed by atoms with Crippen LogP contribution >= 0.6 is 24.0 Å². The van der Waals surface area contributed by atoms with Crippen LogP contribution in [0.4, 0.5) is 5.69 Å². The van der Waals surface area contributed by atoms with Crippen molar-refractivity contribution in [3.05, 3.63) is 29.8 Å². The molecule has 0 atom stereocenters. The highest BCUT2D eigenvalue weighted by Gasteiger charge is 2.16. The maximum Gasteiger partial charge on any atom is 0.241 e. The van der Waals surface area contributed by atoms with E-state index < -0.39 is 0 Å². The van der Waals surface area contributed by atoms with E-state index in [2.05, 4.69) is 58.6 Å². The van der Waals surface area contributed by atoms with Gasteiger partial charge < -0.3 is 20.4 Å². The largest absolute Gasteiger partial charge is 0.370 e. The van der Waals surface area contributed by atoms with E-state index in [-0.39, 0.29) is 29.9 Å². The van der Waals surface area contributed by atoms with E-state index in [1.54, 1.807) is 7.05 Å². The standard InChI is InChI=1S/C20H33N5O.HI/c1-4-24(18-10-8-9-17(2)15-18)14-11-22-20(21-3)23-16-19(26)25-12-6-5-7-13-25;/h8-10,15H,4-7,11-14,16H2,1-3H3,(H2,21,22,23);1H. The molecule has 0 aromatic heterocycles. The Morgan fingerprint density at radius 1 is 1.22 bits per heavy atom. The van der Waals surface area contributed by atoms with Crippen LogP contribution < -0.4 is 15.5 Å². The number of amides is 1. The highest BCUT2D eigenvalue weighted by molar-refractivity contribution is 14.0. The Morgan fingerprint density at radius 3 is 2.59 bits per heavy atom. The Hall–Kier alpha value is -1.51. The second kappa shape index (κ2) is 12.8. The van der Waals surface area contributed by atoms with Crippen molar-refractivity contribution in [2.45, 2.75) is 33.1 Å². The van der Waals surface area contributed by atoms with E-state index in [9.17, 15) is 4.79 Å². The van der Waals surface area contributed by atoms with E-state index in [1.807, 2.05) is 4.90 Å². The first-order valence-electron chi connectivity index (χ1n) is 9.68. The van der Waals surface area contributed by atoms with Crippen LogP contribution in [0.25, 0.3) is 0 Å². The average Bonchev–Trinajstić information content (AvgIpc) is 2.68. The number of aryl methyl sites for hydroxylation is 1. The first kappa shape index (κ1) is 23.5. The van der Waals surface area contributed by atoms with Crippen LogP contribution in [0.2, 0.25) is 0 Å². The Kier molecular flexibility index (Phi) is 11.2. The number of carbonyl (C=O) groups excluding carboxylic acids is 1. The minimum Gasteiger partial charge on any atom is -0.370 e. The molecule has 0 unspecified atom stereocenters. The highest BCUT2D eigenvalue weighted by Crippen LogP contribution is 2.15. The summed E-state index contributed by atoms with van der Waals surface area (Å²) in [5.41, 5.74) is 2.50. The van der Waals surface area contributed by atoms with Crippen molar-refractivity contribution >= 4 is 41.5 Å². The van der Waals surface area contributed by atoms with Gasteiger partial charge in [-0.25, -0.2) is 0 Å². The number of rotatable bonds is 7. The van der Waals surface area contributed by atoms with Crippen molar-refractivity contribution in [1.29, 1.82) is 0 Å². The normalized spacial score (nSPS) is 14.3. The fourth-order valence-corrected chi connectivity index (χ4v) is 3.24. The molecule has 27 heavy (non-hydrogen) atoms. The van der Waals surface area contributed by atoms with Crippen LogP contribution in [0.5, 0.6) is 0 Å². The van der Waals surface area contributed by atoms with Crippen molar-refractivity contribution in [2.24, 2.45) is 4.99 Å². The molecule has 0 spiro atoms. The molecule has 2 rings (SSSR count). The summed E-state index contributed by atoms with van der Waals surface area (Å²) in [4.78, 5) is 20.7. The minimum atomic E-state index is 0. The Balaban J connectivity index is 0.00000364. The Bertz CT molecular complexity index is 602. The molecular formula is C20H34IN5O. The lowest BCUT2D eigenvalue weighted by molar-refractivity contribution is -0.130. The number of nitrogens with one attached hydrogen (secondary N) is 2. The van der Waals surface area contributed by atoms with Gasteiger partial charge in [0.05, 0.1) is 6.54 Å². The van der Waals surface area contributed by atoms with Crippen molar-refractivity contribution < 1.29 is 4.79 Å². The molecule has 0 bridgehead atoms. The fraction of sp³-hybridized carbons (Fsp3) is 0.600. The lowest BCUT2D eigenvalue weighted by atomic mass is 10.1. The van der Waals surface area contributed by atoms with Gasteiger partial charge in [0.25, 0.3) is 0 Å². The second-order valence-electron chi connectivity index (χ2n) is 6.71. The number of likely N-dealkylation sites (N-methyl/N-ethyl adjacent to an activating group) is 1. The number of nitrogens with zero attached hydrogens (tertiary/aromatic N) is 3. The fourth-order valence-electron chi connectivity index (χ4n) is 3.24. The molecule has 7 heteroatoms. The number of benzene rings is 1. The minimum absolute atomic E-state index is 0. The molecule has 1 fully saturated rings. The van der Waals surface area contributed by atoms with E-state index in [0.29, 0.717) is 12.5 Å². The first-order chi connectivity index (χ1) is 12.6. The van der Waals surface area contributed by atoms with Crippen LogP contribution in [-0.4, -0.2) is 63.1 Å². The number of piperidine rings is 1. The average molecular weight is 487 g/mol. The van der Waals surface area contributed by atoms with E-state index >= 15 is 0 Å². The number of carbonyl (C=O) groups is 1. The molecule has 1 aromatic rings. The summed E-state index contributed by atoms with van der Waals surface area (Å²) in [5.74, 6) is 0.832. The summed E-state index contributed by atoms with van der Waals surface area (Å²) >= 11 is 0. The predicted molar refractivity (Wildman–Crippen MR) is 124 cm³/mol. The van der Waals surface area contributed by atoms with Gasteiger partial charge in [-0.2, -0.15) is 0 Å². The number of aliphatic imine (C=N–C) groups is 1. The summed E-state index contributed by atoms with van der Waals surface area (Å²) < 4.78 is 0. The van der Waals surface area contributed by atoms with Crippen LogP contribution in [0.3, 0.4) is 0 Å². The summed E-state index contributed by atoms with van der Waals surface area (Å²) in [7, 11) is 1.73. The van der Waals surface area contributed by atoms with Gasteiger partial charge in [0, 0.05) is 45.5 Å². The predicted octanol–water partition coefficient (Wildman–Crippen LogP) is 2.62. The molecule has 152 valence electrons. The zero-order chi connectivity index (χ0) is 18.8. The molecular weight excluding hydrogens is 453 g/mol. The summed E-state index contributed by atoms with van der Waals surface area (Å²) in [6, 6.07) is 8.54. The molecule has 6 nitrogen and oxygen atoms in total. The smallest absolute Gasteiger partial charge is 0.241 e. The van der Waals surface area contributed by atoms with E-state index in [4.69, 9.17) is 0 Å². The number of guanidine groups is 1. The zero-order valence-electron chi connectivity index (χ0n) is 16.8. The third kappa shape index (κ3) is 7.94. The van der Waals surface area contributed by atoms with Crippen molar-refractivity contribution in [3.63, 3.8) is 0 Å². The van der Waals surface area contributed by atoms with Gasteiger partial charge in [-0.1, -0.05) is 12.1 Å². The highest BCUT2D eigenvalue weighted by atomic mass is 127. The zero-order valence-corrected chi connectivity index (χ0v) is 19.2. The molecule has 0 radical (unpaired) electrons. The van der Waals surface area contributed by atoms with Gasteiger partial charge in [0.15, 0.2) is 5.96 Å². The van der Waals surface area contributed by atoms with E-state index in [1.165, 1.54) is 17.7 Å². The van der Waals surface area contributed by atoms with Crippen molar-refractivity contribution in [2.75, 3.05) is 51.2 Å². The maximum atomic E-state index is 12.2. The molecule has 2 N–H and O–H groups in total. The maximum absolute atomic E-state index is 12.2. The summed E-state index contributed by atoms with van der Waals surface area (Å²) in [6.45, 7) is 8.93. The van der Waals surface area contributed by atoms with Gasteiger partial charge in [-0.3, -0.25) is 9.79 Å². The number of anilines is 1. The van der Waals surface area contributed by atoms with Gasteiger partial charge in [-0.15, -0.1) is 24.0 Å². The number of hydrogen-bond donors (Lipinski definition) is 2. The molecule has 0 aliphatic carbocycles. The monoisotopic (exact) mass is 487 g/mol. The van der Waals surface area contributed by atoms with Crippen LogP contribution in [0.15, 0.2) is 29.3 Å². The Labute approximate surface area is 180 Å². The van der Waals surface area contributed by atoms with Crippen LogP contribution in [0.1, 0.15) is 31.7 Å². The van der Waals surface area contributed by atoms with Crippen LogP contribution in [0, 0.1) is 6.92 Å². The molecule has 1 aliphatic heterocycles. The quantitative estimate of drug-likeness (QED) is 0.353. The van der Waals surface area contributed by atoms with E-state index in [0.717, 1.165) is 45.6 Å². The third-order valence-electron chi connectivity index (χ3n) is 4.76. The SMILES string of the molecule is CCN(CCNC(=NC)NCC(=O)N1CCCCC1)c1cccc(C)c1.I. The summed E-state index contributed by atoms with van der Waals surface area (Å²) in [5, 5.41) is 6.44. The molecule has 1 aliphatic rings. The lowest BCUT2D eigenvalue weighted by Crippen LogP contribution is -2.47. The molecule has 1 aromatic carbocycles. The molecule has 1 amide bonds. The van der Waals surface area contributed by atoms with Crippen LogP contribution in [-0.2, 0) is 4.79 Å². The third-order valence-corrected chi connectivity index (χ3v) is 4.76. The number of likely N-dealkylation sites (tertiary alicyclic amines) is 1. The second-order valence-corrected chi connectivity index (χ2v) is 6.71. The molecule has 0 saturated carbocycles. The first-order valence-corrected chi connectivity index (χ1v) is 9.68. The summed E-state index contributed by atoms with van der Waals surface area (Å²) in [6.07, 6.45) is 3.46. The topological polar surface area (TPSA) is 60.0 Å². The van der Waals surface area contributed by atoms with Gasteiger partial charge in [-0.05, 0) is 50.8 Å². The van der Waals surface area contributed by atoms with Crippen molar-refractivity contribution in [1.82, 2.24) is 15.5 Å².